The summed E-state index contributed by atoms with van der Waals surface area (Å²) in [6.45, 7) is 7.98. The van der Waals surface area contributed by atoms with Crippen LogP contribution >= 0.6 is 0 Å². The molecule has 1 aliphatic heterocycles. The number of aryl methyl sites for hydroxylation is 2. The lowest BCUT2D eigenvalue weighted by Gasteiger charge is -2.25. The lowest BCUT2D eigenvalue weighted by atomic mass is 9.95. The first-order valence-electron chi connectivity index (χ1n) is 9.13. The Labute approximate surface area is 154 Å². The molecule has 0 unspecified atom stereocenters. The van der Waals surface area contributed by atoms with Gasteiger partial charge in [0.25, 0.3) is 0 Å². The lowest BCUT2D eigenvalue weighted by Crippen LogP contribution is -2.37. The molecule has 0 bridgehead atoms. The number of aromatic nitrogens is 2. The van der Waals surface area contributed by atoms with Gasteiger partial charge in [-0.15, -0.1) is 0 Å². The van der Waals surface area contributed by atoms with Crippen molar-refractivity contribution in [2.24, 2.45) is 5.92 Å². The van der Waals surface area contributed by atoms with E-state index >= 15 is 0 Å². The number of fused-ring (bicyclic) bond motifs is 1. The van der Waals surface area contributed by atoms with Crippen molar-refractivity contribution in [2.45, 2.75) is 46.7 Å². The predicted molar refractivity (Wildman–Crippen MR) is 99.5 cm³/mol. The van der Waals surface area contributed by atoms with E-state index in [-0.39, 0.29) is 11.8 Å². The number of carbonyl (C=O) groups is 1. The van der Waals surface area contributed by atoms with Crippen LogP contribution in [-0.2, 0) is 24.3 Å². The highest BCUT2D eigenvalue weighted by Crippen LogP contribution is 2.31. The van der Waals surface area contributed by atoms with Crippen LogP contribution in [0.25, 0.3) is 0 Å². The van der Waals surface area contributed by atoms with Gasteiger partial charge in [-0.05, 0) is 38.3 Å². The average Bonchev–Trinajstić information content (AvgIpc) is 2.92. The molecule has 2 aromatic rings. The second-order valence-electron chi connectivity index (χ2n) is 6.78. The zero-order valence-corrected chi connectivity index (χ0v) is 16.0. The van der Waals surface area contributed by atoms with Gasteiger partial charge in [0.05, 0.1) is 18.7 Å². The topological polar surface area (TPSA) is 65.4 Å². The summed E-state index contributed by atoms with van der Waals surface area (Å²) in [5, 5.41) is 7.63. The number of carbonyl (C=O) groups excluding carboxylic acids is 1. The molecule has 0 fully saturated rings. The Morgan fingerprint density at radius 3 is 2.96 bits per heavy atom. The van der Waals surface area contributed by atoms with Gasteiger partial charge in [0, 0.05) is 30.4 Å². The monoisotopic (exact) mass is 357 g/mol. The fraction of sp³-hybridized carbons (Fsp3) is 0.500. The van der Waals surface area contributed by atoms with Crippen molar-refractivity contribution in [3.8, 4) is 11.5 Å². The van der Waals surface area contributed by atoms with E-state index in [1.54, 1.807) is 7.11 Å². The third-order valence-electron chi connectivity index (χ3n) is 4.96. The normalized spacial score (nSPS) is 15.9. The Morgan fingerprint density at radius 2 is 2.23 bits per heavy atom. The first-order chi connectivity index (χ1) is 12.5. The van der Waals surface area contributed by atoms with E-state index in [1.807, 2.05) is 29.8 Å². The molecule has 6 nitrogen and oxygen atoms in total. The van der Waals surface area contributed by atoms with Crippen molar-refractivity contribution in [3.63, 3.8) is 0 Å². The molecule has 3 rings (SSSR count). The second kappa shape index (κ2) is 7.81. The summed E-state index contributed by atoms with van der Waals surface area (Å²) < 4.78 is 13.0. The molecule has 0 aliphatic carbocycles. The quantitative estimate of drug-likeness (QED) is 0.863. The van der Waals surface area contributed by atoms with Crippen LogP contribution in [0.1, 0.15) is 35.9 Å². The Morgan fingerprint density at radius 1 is 1.42 bits per heavy atom. The highest BCUT2D eigenvalue weighted by Gasteiger charge is 2.26. The number of benzene rings is 1. The molecule has 1 amide bonds. The summed E-state index contributed by atoms with van der Waals surface area (Å²) in [5.41, 5.74) is 4.25. The first-order valence-corrected chi connectivity index (χ1v) is 9.13. The minimum atomic E-state index is -0.179. The molecule has 6 heteroatoms. The third kappa shape index (κ3) is 3.69. The summed E-state index contributed by atoms with van der Waals surface area (Å²) >= 11 is 0. The predicted octanol–water partition coefficient (Wildman–Crippen LogP) is 2.79. The summed E-state index contributed by atoms with van der Waals surface area (Å²) in [6.07, 6.45) is 1.72. The van der Waals surface area contributed by atoms with E-state index < -0.39 is 0 Å². The molecule has 1 atom stereocenters. The van der Waals surface area contributed by atoms with Crippen LogP contribution in [0.2, 0.25) is 0 Å². The highest BCUT2D eigenvalue weighted by molar-refractivity contribution is 5.79. The standard InChI is InChI=1S/C20H27N3O3/c1-5-8-23-14(3)18(13(2)22-23)11-21-20(24)16-9-15-6-7-17(25-4)10-19(15)26-12-16/h6-7,10,16H,5,8-9,11-12H2,1-4H3,(H,21,24)/t16-/m0/s1. The maximum Gasteiger partial charge on any atom is 0.227 e. The number of rotatable bonds is 6. The Bertz CT molecular complexity index is 798. The Balaban J connectivity index is 1.62. The SMILES string of the molecule is CCCn1nc(C)c(CNC(=O)[C@@H]2COc3cc(OC)ccc3C2)c1C. The molecule has 2 heterocycles. The number of nitrogens with zero attached hydrogens (tertiary/aromatic N) is 2. The maximum atomic E-state index is 12.6. The Hall–Kier alpha value is -2.50. The zero-order valence-electron chi connectivity index (χ0n) is 16.0. The van der Waals surface area contributed by atoms with Gasteiger partial charge in [-0.1, -0.05) is 13.0 Å². The number of nitrogens with one attached hydrogen (secondary N) is 1. The number of hydrogen-bond donors (Lipinski definition) is 1. The number of amides is 1. The summed E-state index contributed by atoms with van der Waals surface area (Å²) in [7, 11) is 1.63. The van der Waals surface area contributed by atoms with E-state index in [2.05, 4.69) is 24.3 Å². The summed E-state index contributed by atoms with van der Waals surface area (Å²) in [5.74, 6) is 1.42. The molecule has 1 aliphatic rings. The van der Waals surface area contributed by atoms with Gasteiger partial charge in [-0.3, -0.25) is 9.48 Å². The van der Waals surface area contributed by atoms with Gasteiger partial charge < -0.3 is 14.8 Å². The van der Waals surface area contributed by atoms with Crippen LogP contribution in [-0.4, -0.2) is 29.4 Å². The van der Waals surface area contributed by atoms with Crippen molar-refractivity contribution in [3.05, 3.63) is 40.7 Å². The van der Waals surface area contributed by atoms with Gasteiger partial charge in [-0.2, -0.15) is 5.10 Å². The number of ether oxygens (including phenoxy) is 2. The Kier molecular flexibility index (Phi) is 5.49. The average molecular weight is 357 g/mol. The third-order valence-corrected chi connectivity index (χ3v) is 4.96. The van der Waals surface area contributed by atoms with Crippen LogP contribution < -0.4 is 14.8 Å². The summed E-state index contributed by atoms with van der Waals surface area (Å²) in [4.78, 5) is 12.6. The van der Waals surface area contributed by atoms with Crippen LogP contribution in [0.15, 0.2) is 18.2 Å². The largest absolute Gasteiger partial charge is 0.497 e. The van der Waals surface area contributed by atoms with Crippen molar-refractivity contribution in [2.75, 3.05) is 13.7 Å². The van der Waals surface area contributed by atoms with Crippen molar-refractivity contribution < 1.29 is 14.3 Å². The molecule has 1 aromatic heterocycles. The lowest BCUT2D eigenvalue weighted by molar-refractivity contribution is -0.126. The minimum Gasteiger partial charge on any atom is -0.497 e. The number of methoxy groups -OCH3 is 1. The van der Waals surface area contributed by atoms with Crippen LogP contribution in [0, 0.1) is 19.8 Å². The van der Waals surface area contributed by atoms with Crippen LogP contribution in [0.5, 0.6) is 11.5 Å². The van der Waals surface area contributed by atoms with Crippen LogP contribution in [0.3, 0.4) is 0 Å². The molecule has 0 saturated heterocycles. The molecule has 26 heavy (non-hydrogen) atoms. The molecule has 1 N–H and O–H groups in total. The van der Waals surface area contributed by atoms with Crippen LogP contribution in [0.4, 0.5) is 0 Å². The molecular formula is C20H27N3O3. The van der Waals surface area contributed by atoms with E-state index in [0.29, 0.717) is 19.6 Å². The second-order valence-corrected chi connectivity index (χ2v) is 6.78. The van der Waals surface area contributed by atoms with Gasteiger partial charge >= 0.3 is 0 Å². The smallest absolute Gasteiger partial charge is 0.227 e. The van der Waals surface area contributed by atoms with Gasteiger partial charge in [0.15, 0.2) is 0 Å². The fourth-order valence-electron chi connectivity index (χ4n) is 3.39. The molecule has 0 radical (unpaired) electrons. The van der Waals surface area contributed by atoms with E-state index in [1.165, 1.54) is 0 Å². The van der Waals surface area contributed by atoms with E-state index in [9.17, 15) is 4.79 Å². The molecule has 0 saturated carbocycles. The van der Waals surface area contributed by atoms with Crippen molar-refractivity contribution in [1.29, 1.82) is 0 Å². The molecule has 1 aromatic carbocycles. The maximum absolute atomic E-state index is 12.6. The first kappa shape index (κ1) is 18.3. The number of hydrogen-bond acceptors (Lipinski definition) is 4. The van der Waals surface area contributed by atoms with Crippen molar-refractivity contribution in [1.82, 2.24) is 15.1 Å². The summed E-state index contributed by atoms with van der Waals surface area (Å²) in [6, 6.07) is 5.74. The molecule has 140 valence electrons. The molecular weight excluding hydrogens is 330 g/mol. The van der Waals surface area contributed by atoms with Crippen molar-refractivity contribution >= 4 is 5.91 Å². The fourth-order valence-corrected chi connectivity index (χ4v) is 3.39. The molecule has 0 spiro atoms. The van der Waals surface area contributed by atoms with Gasteiger partial charge in [0.1, 0.15) is 18.1 Å². The van der Waals surface area contributed by atoms with Gasteiger partial charge in [-0.25, -0.2) is 0 Å². The zero-order chi connectivity index (χ0) is 18.7. The highest BCUT2D eigenvalue weighted by atomic mass is 16.5. The van der Waals surface area contributed by atoms with E-state index in [4.69, 9.17) is 9.47 Å². The van der Waals surface area contributed by atoms with E-state index in [0.717, 1.165) is 47.0 Å². The van der Waals surface area contributed by atoms with Gasteiger partial charge in [0.2, 0.25) is 5.91 Å². The minimum absolute atomic E-state index is 0.0218.